The molecule has 0 radical (unpaired) electrons. The first-order chi connectivity index (χ1) is 9.69. The molecule has 0 saturated heterocycles. The minimum atomic E-state index is -0.270. The van der Waals surface area contributed by atoms with E-state index in [-0.39, 0.29) is 24.3 Å². The van der Waals surface area contributed by atoms with Crippen LogP contribution in [0.3, 0.4) is 0 Å². The molecule has 1 aliphatic heterocycles. The van der Waals surface area contributed by atoms with Gasteiger partial charge in [0.2, 0.25) is 0 Å². The summed E-state index contributed by atoms with van der Waals surface area (Å²) < 4.78 is 19.8. The van der Waals surface area contributed by atoms with Gasteiger partial charge in [0.25, 0.3) is 0 Å². The standard InChI is InChI=1S/C16H15ClFNO.ClH/c17-15-4-2-1-3-13(15)14-8-11(18)7-10-5-6-12(9-19)20-16(10)14;/h1-4,7-8,12H,5-6,9,19H2;1H/t12-;/m0./s1. The van der Waals surface area contributed by atoms with Gasteiger partial charge in [-0.2, -0.15) is 0 Å². The molecule has 2 N–H and O–H groups in total. The lowest BCUT2D eigenvalue weighted by atomic mass is 9.95. The van der Waals surface area contributed by atoms with Gasteiger partial charge in [0.15, 0.2) is 0 Å². The molecule has 0 bridgehead atoms. The zero-order valence-corrected chi connectivity index (χ0v) is 12.9. The van der Waals surface area contributed by atoms with Crippen molar-refractivity contribution in [2.75, 3.05) is 6.54 Å². The number of nitrogens with two attached hydrogens (primary N) is 1. The summed E-state index contributed by atoms with van der Waals surface area (Å²) in [7, 11) is 0. The summed E-state index contributed by atoms with van der Waals surface area (Å²) in [6.45, 7) is 0.457. The summed E-state index contributed by atoms with van der Waals surface area (Å²) >= 11 is 6.22. The Kier molecular flexibility index (Phi) is 5.09. The van der Waals surface area contributed by atoms with E-state index >= 15 is 0 Å². The van der Waals surface area contributed by atoms with Crippen molar-refractivity contribution in [1.82, 2.24) is 0 Å². The van der Waals surface area contributed by atoms with Gasteiger partial charge < -0.3 is 10.5 Å². The quantitative estimate of drug-likeness (QED) is 0.896. The molecule has 0 saturated carbocycles. The lowest BCUT2D eigenvalue weighted by molar-refractivity contribution is 0.182. The van der Waals surface area contributed by atoms with E-state index < -0.39 is 0 Å². The molecule has 1 heterocycles. The molecule has 112 valence electrons. The molecule has 0 unspecified atom stereocenters. The van der Waals surface area contributed by atoms with Gasteiger partial charge in [-0.3, -0.25) is 0 Å². The van der Waals surface area contributed by atoms with Crippen LogP contribution in [0, 0.1) is 5.82 Å². The molecule has 2 aromatic carbocycles. The minimum Gasteiger partial charge on any atom is -0.488 e. The predicted molar refractivity (Wildman–Crippen MR) is 85.9 cm³/mol. The van der Waals surface area contributed by atoms with Crippen LogP contribution in [0.25, 0.3) is 11.1 Å². The fourth-order valence-electron chi connectivity index (χ4n) is 2.56. The van der Waals surface area contributed by atoms with Crippen molar-refractivity contribution in [3.8, 4) is 16.9 Å². The van der Waals surface area contributed by atoms with Crippen molar-refractivity contribution < 1.29 is 9.13 Å². The molecule has 21 heavy (non-hydrogen) atoms. The Hall–Kier alpha value is -1.29. The van der Waals surface area contributed by atoms with Crippen molar-refractivity contribution in [2.45, 2.75) is 18.9 Å². The van der Waals surface area contributed by atoms with Crippen LogP contribution in [0.15, 0.2) is 36.4 Å². The molecular weight excluding hydrogens is 312 g/mol. The number of rotatable bonds is 2. The third kappa shape index (κ3) is 3.15. The predicted octanol–water partition coefficient (Wildman–Crippen LogP) is 4.22. The first-order valence-corrected chi connectivity index (χ1v) is 7.01. The van der Waals surface area contributed by atoms with E-state index in [4.69, 9.17) is 22.1 Å². The Morgan fingerprint density at radius 1 is 1.24 bits per heavy atom. The van der Waals surface area contributed by atoms with Crippen LogP contribution in [0.5, 0.6) is 5.75 Å². The van der Waals surface area contributed by atoms with E-state index in [0.29, 0.717) is 22.9 Å². The molecule has 2 aromatic rings. The highest BCUT2D eigenvalue weighted by atomic mass is 35.5. The molecule has 0 aliphatic carbocycles. The maximum atomic E-state index is 13.8. The van der Waals surface area contributed by atoms with Gasteiger partial charge in [-0.05, 0) is 36.6 Å². The topological polar surface area (TPSA) is 35.2 Å². The Balaban J connectivity index is 0.00000161. The molecule has 0 aromatic heterocycles. The van der Waals surface area contributed by atoms with Crippen LogP contribution < -0.4 is 10.5 Å². The molecule has 1 aliphatic rings. The molecule has 2 nitrogen and oxygen atoms in total. The fraction of sp³-hybridized carbons (Fsp3) is 0.250. The Morgan fingerprint density at radius 3 is 2.71 bits per heavy atom. The first kappa shape index (κ1) is 16.1. The molecule has 5 heteroatoms. The number of aryl methyl sites for hydroxylation is 1. The third-order valence-corrected chi connectivity index (χ3v) is 3.91. The van der Waals surface area contributed by atoms with E-state index in [1.807, 2.05) is 18.2 Å². The van der Waals surface area contributed by atoms with E-state index in [0.717, 1.165) is 24.0 Å². The smallest absolute Gasteiger partial charge is 0.131 e. The zero-order chi connectivity index (χ0) is 14.1. The Morgan fingerprint density at radius 2 is 2.00 bits per heavy atom. The monoisotopic (exact) mass is 327 g/mol. The zero-order valence-electron chi connectivity index (χ0n) is 11.3. The number of hydrogen-bond donors (Lipinski definition) is 1. The molecule has 3 rings (SSSR count). The fourth-order valence-corrected chi connectivity index (χ4v) is 2.80. The van der Waals surface area contributed by atoms with Crippen LogP contribution in [-0.4, -0.2) is 12.6 Å². The van der Waals surface area contributed by atoms with E-state index in [9.17, 15) is 4.39 Å². The van der Waals surface area contributed by atoms with Gasteiger partial charge in [-0.25, -0.2) is 4.39 Å². The number of fused-ring (bicyclic) bond motifs is 1. The van der Waals surface area contributed by atoms with Crippen molar-refractivity contribution in [3.63, 3.8) is 0 Å². The maximum Gasteiger partial charge on any atom is 0.131 e. The summed E-state index contributed by atoms with van der Waals surface area (Å²) in [5, 5.41) is 0.582. The summed E-state index contributed by atoms with van der Waals surface area (Å²) in [5.74, 6) is 0.440. The number of ether oxygens (including phenoxy) is 1. The van der Waals surface area contributed by atoms with Crippen LogP contribution in [0.1, 0.15) is 12.0 Å². The lowest BCUT2D eigenvalue weighted by Crippen LogP contribution is -2.30. The van der Waals surface area contributed by atoms with Gasteiger partial charge in [0, 0.05) is 22.7 Å². The van der Waals surface area contributed by atoms with Gasteiger partial charge in [0.05, 0.1) is 0 Å². The molecule has 0 fully saturated rings. The van der Waals surface area contributed by atoms with E-state index in [1.54, 1.807) is 6.07 Å². The van der Waals surface area contributed by atoms with Crippen LogP contribution in [0.4, 0.5) is 4.39 Å². The largest absolute Gasteiger partial charge is 0.488 e. The number of hydrogen-bond acceptors (Lipinski definition) is 2. The van der Waals surface area contributed by atoms with E-state index in [1.165, 1.54) is 12.1 Å². The second-order valence-electron chi connectivity index (χ2n) is 4.94. The van der Waals surface area contributed by atoms with Crippen molar-refractivity contribution in [1.29, 1.82) is 0 Å². The minimum absolute atomic E-state index is 0. The SMILES string of the molecule is Cl.NC[C@@H]1CCc2cc(F)cc(-c3ccccc3Cl)c2O1. The van der Waals surface area contributed by atoms with Crippen LogP contribution in [0.2, 0.25) is 5.02 Å². The van der Waals surface area contributed by atoms with Crippen LogP contribution >= 0.6 is 24.0 Å². The second-order valence-corrected chi connectivity index (χ2v) is 5.34. The summed E-state index contributed by atoms with van der Waals surface area (Å²) in [6, 6.07) is 10.4. The molecular formula is C16H16Cl2FNO. The first-order valence-electron chi connectivity index (χ1n) is 6.63. The average Bonchev–Trinajstić information content (AvgIpc) is 2.46. The van der Waals surface area contributed by atoms with Crippen LogP contribution in [-0.2, 0) is 6.42 Å². The molecule has 0 spiro atoms. The van der Waals surface area contributed by atoms with Crippen molar-refractivity contribution in [2.24, 2.45) is 5.73 Å². The van der Waals surface area contributed by atoms with Gasteiger partial charge in [0.1, 0.15) is 17.7 Å². The highest BCUT2D eigenvalue weighted by Crippen LogP contribution is 2.40. The number of benzene rings is 2. The average molecular weight is 328 g/mol. The third-order valence-electron chi connectivity index (χ3n) is 3.58. The van der Waals surface area contributed by atoms with Crippen molar-refractivity contribution in [3.05, 3.63) is 52.8 Å². The normalized spacial score (nSPS) is 16.6. The summed E-state index contributed by atoms with van der Waals surface area (Å²) in [6.07, 6.45) is 1.57. The van der Waals surface area contributed by atoms with Gasteiger partial charge >= 0.3 is 0 Å². The number of halogens is 3. The van der Waals surface area contributed by atoms with Gasteiger partial charge in [-0.1, -0.05) is 29.8 Å². The van der Waals surface area contributed by atoms with E-state index in [2.05, 4.69) is 0 Å². The Labute approximate surface area is 134 Å². The lowest BCUT2D eigenvalue weighted by Gasteiger charge is -2.27. The van der Waals surface area contributed by atoms with Crippen molar-refractivity contribution >= 4 is 24.0 Å². The highest BCUT2D eigenvalue weighted by Gasteiger charge is 2.23. The molecule has 1 atom stereocenters. The molecule has 0 amide bonds. The van der Waals surface area contributed by atoms with Gasteiger partial charge in [-0.15, -0.1) is 12.4 Å². The highest BCUT2D eigenvalue weighted by molar-refractivity contribution is 6.33. The second kappa shape index (κ2) is 6.65. The summed E-state index contributed by atoms with van der Waals surface area (Å²) in [4.78, 5) is 0. The maximum absolute atomic E-state index is 13.8. The summed E-state index contributed by atoms with van der Waals surface area (Å²) in [5.41, 5.74) is 8.04. The Bertz CT molecular complexity index is 648.